The summed E-state index contributed by atoms with van der Waals surface area (Å²) in [5, 5.41) is 8.67. The Morgan fingerprint density at radius 3 is 2.70 bits per heavy atom. The quantitative estimate of drug-likeness (QED) is 0.585. The van der Waals surface area contributed by atoms with Crippen LogP contribution in [0.1, 0.15) is 19.4 Å². The summed E-state index contributed by atoms with van der Waals surface area (Å²) in [7, 11) is 1.56. The van der Waals surface area contributed by atoms with Gasteiger partial charge in [-0.15, -0.1) is 0 Å². The molecule has 0 atom stereocenters. The molecule has 1 rings (SSSR count). The summed E-state index contributed by atoms with van der Waals surface area (Å²) in [5.74, 6) is 0.210. The van der Waals surface area contributed by atoms with E-state index in [9.17, 15) is 4.79 Å². The number of carboxylic acids is 1. The van der Waals surface area contributed by atoms with Gasteiger partial charge in [0, 0.05) is 17.7 Å². The van der Waals surface area contributed by atoms with Crippen LogP contribution in [0.15, 0.2) is 24.3 Å². The van der Waals surface area contributed by atoms with Crippen LogP contribution >= 0.6 is 0 Å². The lowest BCUT2D eigenvalue weighted by Crippen LogP contribution is -2.11. The molecule has 0 saturated carbocycles. The van der Waals surface area contributed by atoms with Crippen molar-refractivity contribution in [2.24, 2.45) is 0 Å². The van der Waals surface area contributed by atoms with E-state index in [2.05, 4.69) is 0 Å². The van der Waals surface area contributed by atoms with Crippen LogP contribution in [-0.2, 0) is 9.53 Å². The lowest BCUT2D eigenvalue weighted by atomic mass is 10.1. The summed E-state index contributed by atoms with van der Waals surface area (Å²) in [5.41, 5.74) is 0.678. The number of carbonyl (C=O) groups is 1. The van der Waals surface area contributed by atoms with Crippen molar-refractivity contribution in [2.75, 3.05) is 20.3 Å². The van der Waals surface area contributed by atoms with Crippen LogP contribution in [0.2, 0.25) is 0 Å². The highest BCUT2D eigenvalue weighted by Gasteiger charge is 2.04. The van der Waals surface area contributed by atoms with Crippen molar-refractivity contribution in [3.05, 3.63) is 29.8 Å². The van der Waals surface area contributed by atoms with Crippen molar-refractivity contribution in [3.63, 3.8) is 0 Å². The Hall–Kier alpha value is -2.01. The number of hydrogen-bond acceptors (Lipinski definition) is 4. The molecule has 0 aliphatic carbocycles. The minimum absolute atomic E-state index is 0.148. The number of ether oxygens (including phenoxy) is 3. The first kappa shape index (κ1) is 16.0. The normalized spacial score (nSPS) is 11.0. The number of carboxylic acid groups (broad SMARTS) is 1. The highest BCUT2D eigenvalue weighted by molar-refractivity contribution is 5.86. The Morgan fingerprint density at radius 2 is 2.10 bits per heavy atom. The van der Waals surface area contributed by atoms with Crippen molar-refractivity contribution in [2.45, 2.75) is 20.0 Å². The third-order valence-corrected chi connectivity index (χ3v) is 2.42. The van der Waals surface area contributed by atoms with Gasteiger partial charge in [0.05, 0.1) is 19.8 Å². The molecule has 1 N–H and O–H groups in total. The maximum absolute atomic E-state index is 10.6. The molecule has 20 heavy (non-hydrogen) atoms. The molecule has 0 heterocycles. The fourth-order valence-corrected chi connectivity index (χ4v) is 1.50. The molecule has 0 fully saturated rings. The number of aliphatic carboxylic acids is 1. The van der Waals surface area contributed by atoms with Gasteiger partial charge in [-0.05, 0) is 32.1 Å². The SMILES string of the molecule is COc1ccc(C=CC(=O)O)c(OCCOC(C)C)c1. The molecule has 0 saturated heterocycles. The maximum Gasteiger partial charge on any atom is 0.328 e. The molecule has 5 heteroatoms. The Morgan fingerprint density at radius 1 is 1.35 bits per heavy atom. The first-order chi connectivity index (χ1) is 9.52. The van der Waals surface area contributed by atoms with Gasteiger partial charge in [-0.3, -0.25) is 0 Å². The predicted molar refractivity (Wildman–Crippen MR) is 76.2 cm³/mol. The van der Waals surface area contributed by atoms with E-state index < -0.39 is 5.97 Å². The zero-order valence-corrected chi connectivity index (χ0v) is 12.0. The standard InChI is InChI=1S/C15H20O5/c1-11(2)19-8-9-20-14-10-13(18-3)6-4-12(14)5-7-15(16)17/h4-7,10-11H,8-9H2,1-3H3,(H,16,17). The smallest absolute Gasteiger partial charge is 0.328 e. The van der Waals surface area contributed by atoms with Gasteiger partial charge in [0.2, 0.25) is 0 Å². The average Bonchev–Trinajstić information content (AvgIpc) is 2.41. The Labute approximate surface area is 118 Å². The second-order valence-electron chi connectivity index (χ2n) is 4.34. The summed E-state index contributed by atoms with van der Waals surface area (Å²) in [4.78, 5) is 10.6. The van der Waals surface area contributed by atoms with E-state index in [1.165, 1.54) is 6.08 Å². The minimum atomic E-state index is -1.00. The average molecular weight is 280 g/mol. The Bertz CT molecular complexity index is 465. The molecular weight excluding hydrogens is 260 g/mol. The van der Waals surface area contributed by atoms with Crippen LogP contribution in [0.5, 0.6) is 11.5 Å². The Balaban J connectivity index is 2.75. The van der Waals surface area contributed by atoms with E-state index in [1.807, 2.05) is 13.8 Å². The summed E-state index contributed by atoms with van der Waals surface area (Å²) in [6, 6.07) is 5.22. The van der Waals surface area contributed by atoms with Crippen molar-refractivity contribution in [1.82, 2.24) is 0 Å². The van der Waals surface area contributed by atoms with Gasteiger partial charge in [0.25, 0.3) is 0 Å². The van der Waals surface area contributed by atoms with Crippen molar-refractivity contribution >= 4 is 12.0 Å². The molecule has 0 amide bonds. The fourth-order valence-electron chi connectivity index (χ4n) is 1.50. The molecule has 1 aromatic carbocycles. The zero-order chi connectivity index (χ0) is 15.0. The van der Waals surface area contributed by atoms with Gasteiger partial charge in [-0.2, -0.15) is 0 Å². The third kappa shape index (κ3) is 5.75. The van der Waals surface area contributed by atoms with E-state index in [0.29, 0.717) is 30.3 Å². The largest absolute Gasteiger partial charge is 0.497 e. The molecule has 0 unspecified atom stereocenters. The number of rotatable bonds is 8. The molecule has 0 aliphatic heterocycles. The van der Waals surface area contributed by atoms with Gasteiger partial charge in [0.15, 0.2) is 0 Å². The summed E-state index contributed by atoms with van der Waals surface area (Å²) >= 11 is 0. The van der Waals surface area contributed by atoms with Crippen LogP contribution in [0.4, 0.5) is 0 Å². The second kappa shape index (κ2) is 8.22. The topological polar surface area (TPSA) is 65.0 Å². The summed E-state index contributed by atoms with van der Waals surface area (Å²) in [6.07, 6.45) is 2.70. The van der Waals surface area contributed by atoms with E-state index in [-0.39, 0.29) is 6.10 Å². The predicted octanol–water partition coefficient (Wildman–Crippen LogP) is 2.60. The van der Waals surface area contributed by atoms with Crippen LogP contribution < -0.4 is 9.47 Å². The van der Waals surface area contributed by atoms with Crippen molar-refractivity contribution in [1.29, 1.82) is 0 Å². The Kier molecular flexibility index (Phi) is 6.59. The molecule has 110 valence electrons. The van der Waals surface area contributed by atoms with Gasteiger partial charge in [0.1, 0.15) is 18.1 Å². The molecule has 0 bridgehead atoms. The number of hydrogen-bond donors (Lipinski definition) is 1. The number of benzene rings is 1. The van der Waals surface area contributed by atoms with Gasteiger partial charge in [-0.25, -0.2) is 4.79 Å². The minimum Gasteiger partial charge on any atom is -0.497 e. The molecule has 0 aliphatic rings. The fraction of sp³-hybridized carbons (Fsp3) is 0.400. The monoisotopic (exact) mass is 280 g/mol. The summed E-state index contributed by atoms with van der Waals surface area (Å²) < 4.78 is 16.1. The van der Waals surface area contributed by atoms with Crippen LogP contribution in [0.25, 0.3) is 6.08 Å². The second-order valence-corrected chi connectivity index (χ2v) is 4.34. The van der Waals surface area contributed by atoms with E-state index in [4.69, 9.17) is 19.3 Å². The first-order valence-electron chi connectivity index (χ1n) is 6.36. The van der Waals surface area contributed by atoms with Crippen LogP contribution in [0.3, 0.4) is 0 Å². The molecule has 0 aromatic heterocycles. The molecule has 0 radical (unpaired) electrons. The molecule has 0 spiro atoms. The third-order valence-electron chi connectivity index (χ3n) is 2.42. The van der Waals surface area contributed by atoms with Crippen molar-refractivity contribution in [3.8, 4) is 11.5 Å². The summed E-state index contributed by atoms with van der Waals surface area (Å²) in [6.45, 7) is 4.76. The van der Waals surface area contributed by atoms with E-state index in [1.54, 1.807) is 25.3 Å². The molecule has 1 aromatic rings. The van der Waals surface area contributed by atoms with Gasteiger partial charge in [-0.1, -0.05) is 0 Å². The van der Waals surface area contributed by atoms with E-state index in [0.717, 1.165) is 6.08 Å². The maximum atomic E-state index is 10.6. The zero-order valence-electron chi connectivity index (χ0n) is 12.0. The molecular formula is C15H20O5. The highest BCUT2D eigenvalue weighted by atomic mass is 16.5. The van der Waals surface area contributed by atoms with Crippen LogP contribution in [-0.4, -0.2) is 37.5 Å². The van der Waals surface area contributed by atoms with Gasteiger partial charge < -0.3 is 19.3 Å². The van der Waals surface area contributed by atoms with Crippen LogP contribution in [0, 0.1) is 0 Å². The lowest BCUT2D eigenvalue weighted by Gasteiger charge is -2.12. The molecule has 5 nitrogen and oxygen atoms in total. The van der Waals surface area contributed by atoms with Gasteiger partial charge >= 0.3 is 5.97 Å². The van der Waals surface area contributed by atoms with Crippen molar-refractivity contribution < 1.29 is 24.1 Å². The number of methoxy groups -OCH3 is 1. The van der Waals surface area contributed by atoms with E-state index >= 15 is 0 Å². The lowest BCUT2D eigenvalue weighted by molar-refractivity contribution is -0.131. The highest BCUT2D eigenvalue weighted by Crippen LogP contribution is 2.26. The first-order valence-corrected chi connectivity index (χ1v) is 6.36.